The summed E-state index contributed by atoms with van der Waals surface area (Å²) in [4.78, 5) is 17.8. The van der Waals surface area contributed by atoms with Crippen molar-refractivity contribution >= 4 is 16.9 Å². The number of rotatable bonds is 5. The Morgan fingerprint density at radius 2 is 1.76 bits per heavy atom. The van der Waals surface area contributed by atoms with Crippen LogP contribution < -0.4 is 15.6 Å². The highest BCUT2D eigenvalue weighted by atomic mass is 19.4. The smallest absolute Gasteiger partial charge is 0.406 e. The largest absolute Gasteiger partial charge is 0.573 e. The average Bonchev–Trinajstić information content (AvgIpc) is 3.41. The highest BCUT2D eigenvalue weighted by Gasteiger charge is 2.37. The molecule has 0 unspecified atom stereocenters. The van der Waals surface area contributed by atoms with Gasteiger partial charge in [-0.05, 0) is 35.9 Å². The topological polar surface area (TPSA) is 84.3 Å². The maximum atomic E-state index is 13.3. The third-order valence-corrected chi connectivity index (χ3v) is 5.99. The Morgan fingerprint density at radius 3 is 2.38 bits per heavy atom. The van der Waals surface area contributed by atoms with Crippen LogP contribution in [0.1, 0.15) is 23.1 Å². The molecule has 2 aromatic heterocycles. The third-order valence-electron chi connectivity index (χ3n) is 5.99. The zero-order valence-corrected chi connectivity index (χ0v) is 17.8. The average molecular weight is 476 g/mol. The van der Waals surface area contributed by atoms with Gasteiger partial charge in [0, 0.05) is 49.6 Å². The molecule has 8 nitrogen and oxygen atoms in total. The molecule has 12 heteroatoms. The first-order valence-electron chi connectivity index (χ1n) is 10.5. The van der Waals surface area contributed by atoms with Gasteiger partial charge in [-0.2, -0.15) is 5.10 Å². The molecule has 178 valence electrons. The Bertz CT molecular complexity index is 1240. The predicted molar refractivity (Wildman–Crippen MR) is 114 cm³/mol. The summed E-state index contributed by atoms with van der Waals surface area (Å²) in [7, 11) is 0. The number of halogens is 4. The summed E-state index contributed by atoms with van der Waals surface area (Å²) >= 11 is 0. The van der Waals surface area contributed by atoms with Crippen molar-refractivity contribution in [2.24, 2.45) is 0 Å². The van der Waals surface area contributed by atoms with Gasteiger partial charge in [0.05, 0.1) is 11.4 Å². The molecule has 0 radical (unpaired) electrons. The standard InChI is InChI=1S/C22H20F4N6O2/c1-12(23)21(33)31-10-14(11-31)19-18-17(13-8-28-29-9-13)6-7-27-20(18)32(30-19)15-2-4-16(5-3-15)34-22(24,25)26/h2-7,13-14,28-29H,1,8-11H2. The predicted octanol–water partition coefficient (Wildman–Crippen LogP) is 2.92. The Labute approximate surface area is 191 Å². The first-order valence-corrected chi connectivity index (χ1v) is 10.5. The maximum absolute atomic E-state index is 13.3. The van der Waals surface area contributed by atoms with Gasteiger partial charge in [0.25, 0.3) is 5.91 Å². The SMILES string of the molecule is C=C(F)C(=O)N1CC(c2nn(-c3ccc(OC(F)(F)F)cc3)c3nccc(C4CNNC4)c23)C1. The van der Waals surface area contributed by atoms with Crippen LogP contribution >= 0.6 is 0 Å². The molecule has 4 heterocycles. The molecule has 5 rings (SSSR count). The lowest BCUT2D eigenvalue weighted by molar-refractivity contribution is -0.274. The van der Waals surface area contributed by atoms with Gasteiger partial charge in [0.1, 0.15) is 5.75 Å². The van der Waals surface area contributed by atoms with Gasteiger partial charge in [-0.1, -0.05) is 6.58 Å². The van der Waals surface area contributed by atoms with E-state index in [1.807, 2.05) is 6.07 Å². The summed E-state index contributed by atoms with van der Waals surface area (Å²) in [5, 5.41) is 5.58. The van der Waals surface area contributed by atoms with E-state index in [0.717, 1.165) is 10.9 Å². The van der Waals surface area contributed by atoms with Crippen LogP contribution in [-0.4, -0.2) is 58.1 Å². The van der Waals surface area contributed by atoms with Crippen LogP contribution in [-0.2, 0) is 4.79 Å². The van der Waals surface area contributed by atoms with E-state index in [1.54, 1.807) is 10.9 Å². The van der Waals surface area contributed by atoms with Crippen molar-refractivity contribution in [1.82, 2.24) is 30.5 Å². The molecule has 0 atom stereocenters. The van der Waals surface area contributed by atoms with Crippen LogP contribution in [0.4, 0.5) is 17.6 Å². The molecule has 0 saturated carbocycles. The van der Waals surface area contributed by atoms with E-state index in [9.17, 15) is 22.4 Å². The molecule has 0 bridgehead atoms. The van der Waals surface area contributed by atoms with Gasteiger partial charge >= 0.3 is 6.36 Å². The highest BCUT2D eigenvalue weighted by Crippen LogP contribution is 2.37. The molecule has 34 heavy (non-hydrogen) atoms. The normalized spacial score (nSPS) is 17.2. The van der Waals surface area contributed by atoms with Crippen LogP contribution in [0.5, 0.6) is 5.75 Å². The maximum Gasteiger partial charge on any atom is 0.573 e. The van der Waals surface area contributed by atoms with E-state index in [0.29, 0.717) is 30.1 Å². The van der Waals surface area contributed by atoms with E-state index in [2.05, 4.69) is 27.2 Å². The van der Waals surface area contributed by atoms with E-state index in [1.165, 1.54) is 29.2 Å². The van der Waals surface area contributed by atoms with Crippen LogP contribution in [0.3, 0.4) is 0 Å². The Balaban J connectivity index is 1.55. The number of nitrogens with one attached hydrogen (secondary N) is 2. The number of pyridine rings is 1. The van der Waals surface area contributed by atoms with E-state index < -0.39 is 18.1 Å². The fourth-order valence-electron chi connectivity index (χ4n) is 4.36. The molecule has 1 amide bonds. The second-order valence-corrected chi connectivity index (χ2v) is 8.21. The minimum Gasteiger partial charge on any atom is -0.406 e. The molecule has 2 aliphatic heterocycles. The number of carbonyl (C=O) groups excluding carboxylic acids is 1. The number of likely N-dealkylation sites (tertiary alicyclic amines) is 1. The third kappa shape index (κ3) is 4.10. The number of fused-ring (bicyclic) bond motifs is 1. The lowest BCUT2D eigenvalue weighted by Gasteiger charge is -2.38. The first kappa shape index (κ1) is 22.3. The number of aromatic nitrogens is 3. The van der Waals surface area contributed by atoms with Crippen molar-refractivity contribution in [3.63, 3.8) is 0 Å². The molecule has 2 aliphatic rings. The van der Waals surface area contributed by atoms with Crippen molar-refractivity contribution in [2.75, 3.05) is 26.2 Å². The lowest BCUT2D eigenvalue weighted by atomic mass is 9.89. The summed E-state index contributed by atoms with van der Waals surface area (Å²) < 4.78 is 56.4. The Kier molecular flexibility index (Phi) is 5.48. The van der Waals surface area contributed by atoms with Crippen LogP contribution in [0, 0.1) is 0 Å². The van der Waals surface area contributed by atoms with Crippen molar-refractivity contribution in [3.05, 3.63) is 60.2 Å². The number of benzene rings is 1. The summed E-state index contributed by atoms with van der Waals surface area (Å²) in [6.45, 7) is 5.02. The van der Waals surface area contributed by atoms with E-state index >= 15 is 0 Å². The van der Waals surface area contributed by atoms with Crippen molar-refractivity contribution in [2.45, 2.75) is 18.2 Å². The van der Waals surface area contributed by atoms with Crippen molar-refractivity contribution < 1.29 is 27.1 Å². The molecule has 3 aromatic rings. The number of amides is 1. The van der Waals surface area contributed by atoms with Crippen LogP contribution in [0.25, 0.3) is 16.7 Å². The quantitative estimate of drug-likeness (QED) is 0.435. The van der Waals surface area contributed by atoms with Gasteiger partial charge < -0.3 is 9.64 Å². The van der Waals surface area contributed by atoms with E-state index in [4.69, 9.17) is 5.10 Å². The monoisotopic (exact) mass is 476 g/mol. The summed E-state index contributed by atoms with van der Waals surface area (Å²) in [6.07, 6.45) is -3.12. The second kappa shape index (κ2) is 8.37. The Morgan fingerprint density at radius 1 is 1.09 bits per heavy atom. The van der Waals surface area contributed by atoms with E-state index in [-0.39, 0.29) is 30.7 Å². The summed E-state index contributed by atoms with van der Waals surface area (Å²) in [5.74, 6) is -2.11. The van der Waals surface area contributed by atoms with Gasteiger partial charge in [0.2, 0.25) is 0 Å². The first-order chi connectivity index (χ1) is 16.2. The van der Waals surface area contributed by atoms with Crippen LogP contribution in [0.2, 0.25) is 0 Å². The number of hydrazine groups is 1. The minimum atomic E-state index is -4.79. The van der Waals surface area contributed by atoms with Crippen molar-refractivity contribution in [1.29, 1.82) is 0 Å². The molecule has 0 spiro atoms. The van der Waals surface area contributed by atoms with Crippen molar-refractivity contribution in [3.8, 4) is 11.4 Å². The van der Waals surface area contributed by atoms with Gasteiger partial charge in [-0.25, -0.2) is 14.1 Å². The molecule has 1 aromatic carbocycles. The zero-order valence-electron chi connectivity index (χ0n) is 17.8. The number of ether oxygens (including phenoxy) is 1. The van der Waals surface area contributed by atoms with Gasteiger partial charge in [-0.15, -0.1) is 13.2 Å². The lowest BCUT2D eigenvalue weighted by Crippen LogP contribution is -2.48. The molecule has 2 fully saturated rings. The number of carbonyl (C=O) groups is 1. The van der Waals surface area contributed by atoms with Gasteiger partial charge in [0.15, 0.2) is 11.5 Å². The number of hydrogen-bond donors (Lipinski definition) is 2. The number of nitrogens with zero attached hydrogens (tertiary/aromatic N) is 4. The molecule has 2 saturated heterocycles. The zero-order chi connectivity index (χ0) is 24.0. The molecular weight excluding hydrogens is 456 g/mol. The minimum absolute atomic E-state index is 0.146. The number of hydrogen-bond acceptors (Lipinski definition) is 6. The second-order valence-electron chi connectivity index (χ2n) is 8.21. The summed E-state index contributed by atoms with van der Waals surface area (Å²) in [6, 6.07) is 7.27. The summed E-state index contributed by atoms with van der Waals surface area (Å²) in [5.41, 5.74) is 8.97. The van der Waals surface area contributed by atoms with Gasteiger partial charge in [-0.3, -0.25) is 15.6 Å². The molecule has 0 aliphatic carbocycles. The number of alkyl halides is 3. The fourth-order valence-corrected chi connectivity index (χ4v) is 4.36. The highest BCUT2D eigenvalue weighted by molar-refractivity contribution is 5.92. The molecule has 2 N–H and O–H groups in total. The van der Waals surface area contributed by atoms with Crippen LogP contribution in [0.15, 0.2) is 48.9 Å². The fraction of sp³-hybridized carbons (Fsp3) is 0.318. The molecular formula is C22H20F4N6O2. The Hall–Kier alpha value is -3.51.